The molecule has 0 aliphatic rings. The smallest absolute Gasteiger partial charge is 0.257 e. The molecule has 0 aliphatic carbocycles. The van der Waals surface area contributed by atoms with Gasteiger partial charge in [0.1, 0.15) is 5.15 Å². The maximum atomic E-state index is 12.2. The van der Waals surface area contributed by atoms with Crippen LogP contribution in [0.3, 0.4) is 0 Å². The van der Waals surface area contributed by atoms with Crippen molar-refractivity contribution in [3.05, 3.63) is 59.5 Å². The quantitative estimate of drug-likeness (QED) is 0.701. The van der Waals surface area contributed by atoms with Crippen LogP contribution in [-0.4, -0.2) is 15.9 Å². The van der Waals surface area contributed by atoms with E-state index < -0.39 is 0 Å². The molecule has 0 unspecified atom stereocenters. The first kappa shape index (κ1) is 11.7. The first-order valence-corrected chi connectivity index (χ1v) is 6.11. The lowest BCUT2D eigenvalue weighted by molar-refractivity contribution is 0.102. The Hall–Kier alpha value is -2.33. The van der Waals surface area contributed by atoms with Gasteiger partial charge in [0.05, 0.1) is 11.1 Å². The van der Waals surface area contributed by atoms with Crippen molar-refractivity contribution >= 4 is 34.1 Å². The SMILES string of the molecule is O=C(Nc1ccnc(Cl)c1)c1cccc2cc[nH]c12. The molecule has 3 rings (SSSR count). The van der Waals surface area contributed by atoms with Crippen molar-refractivity contribution in [3.63, 3.8) is 0 Å². The Morgan fingerprint density at radius 3 is 3.00 bits per heavy atom. The number of carbonyl (C=O) groups is 1. The summed E-state index contributed by atoms with van der Waals surface area (Å²) in [6.07, 6.45) is 3.36. The van der Waals surface area contributed by atoms with E-state index in [1.807, 2.05) is 24.4 Å². The molecule has 2 heterocycles. The van der Waals surface area contributed by atoms with Crippen LogP contribution in [0, 0.1) is 0 Å². The summed E-state index contributed by atoms with van der Waals surface area (Å²) < 4.78 is 0. The van der Waals surface area contributed by atoms with E-state index in [1.165, 1.54) is 0 Å². The van der Waals surface area contributed by atoms with Gasteiger partial charge in [-0.2, -0.15) is 0 Å². The van der Waals surface area contributed by atoms with Gasteiger partial charge < -0.3 is 10.3 Å². The lowest BCUT2D eigenvalue weighted by atomic mass is 10.1. The topological polar surface area (TPSA) is 57.8 Å². The monoisotopic (exact) mass is 271 g/mol. The van der Waals surface area contributed by atoms with Crippen LogP contribution in [0.5, 0.6) is 0 Å². The average Bonchev–Trinajstić information content (AvgIpc) is 2.86. The van der Waals surface area contributed by atoms with Crippen LogP contribution in [0.1, 0.15) is 10.4 Å². The van der Waals surface area contributed by atoms with Crippen molar-refractivity contribution in [2.24, 2.45) is 0 Å². The fourth-order valence-electron chi connectivity index (χ4n) is 1.95. The maximum Gasteiger partial charge on any atom is 0.257 e. The van der Waals surface area contributed by atoms with Gasteiger partial charge in [0.25, 0.3) is 5.91 Å². The molecule has 4 nitrogen and oxygen atoms in total. The zero-order valence-corrected chi connectivity index (χ0v) is 10.6. The van der Waals surface area contributed by atoms with Crippen LogP contribution >= 0.6 is 11.6 Å². The molecule has 0 saturated heterocycles. The number of para-hydroxylation sites is 1. The summed E-state index contributed by atoms with van der Waals surface area (Å²) in [5.41, 5.74) is 2.03. The number of benzene rings is 1. The highest BCUT2D eigenvalue weighted by Crippen LogP contribution is 2.19. The summed E-state index contributed by atoms with van der Waals surface area (Å²) in [6.45, 7) is 0. The Kier molecular flexibility index (Phi) is 2.93. The summed E-state index contributed by atoms with van der Waals surface area (Å²) in [4.78, 5) is 19.2. The van der Waals surface area contributed by atoms with Crippen molar-refractivity contribution in [1.29, 1.82) is 0 Å². The van der Waals surface area contributed by atoms with Crippen molar-refractivity contribution in [2.75, 3.05) is 5.32 Å². The molecule has 3 aromatic rings. The van der Waals surface area contributed by atoms with Crippen LogP contribution in [-0.2, 0) is 0 Å². The van der Waals surface area contributed by atoms with Gasteiger partial charge in [-0.3, -0.25) is 4.79 Å². The minimum Gasteiger partial charge on any atom is -0.361 e. The highest BCUT2D eigenvalue weighted by atomic mass is 35.5. The molecule has 0 fully saturated rings. The minimum absolute atomic E-state index is 0.185. The second-order valence-corrected chi connectivity index (χ2v) is 4.46. The number of H-pyrrole nitrogens is 1. The second kappa shape index (κ2) is 4.74. The van der Waals surface area contributed by atoms with Gasteiger partial charge in [-0.1, -0.05) is 23.7 Å². The standard InChI is InChI=1S/C14H10ClN3O/c15-12-8-10(5-7-16-12)18-14(19)11-3-1-2-9-4-6-17-13(9)11/h1-8,17H,(H,16,18,19). The number of anilines is 1. The van der Waals surface area contributed by atoms with E-state index in [0.717, 1.165) is 10.9 Å². The zero-order valence-electron chi connectivity index (χ0n) is 9.85. The van der Waals surface area contributed by atoms with Gasteiger partial charge in [0.15, 0.2) is 0 Å². The number of hydrogen-bond acceptors (Lipinski definition) is 2. The Labute approximate surface area is 114 Å². The van der Waals surface area contributed by atoms with Gasteiger partial charge in [0.2, 0.25) is 0 Å². The van der Waals surface area contributed by atoms with Gasteiger partial charge >= 0.3 is 0 Å². The molecule has 0 aliphatic heterocycles. The number of aromatic amines is 1. The molecule has 0 saturated carbocycles. The molecule has 0 bridgehead atoms. The Morgan fingerprint density at radius 2 is 2.16 bits per heavy atom. The molecular formula is C14H10ClN3O. The van der Waals surface area contributed by atoms with Gasteiger partial charge in [-0.05, 0) is 24.3 Å². The number of carbonyl (C=O) groups excluding carboxylic acids is 1. The lowest BCUT2D eigenvalue weighted by Gasteiger charge is -2.06. The van der Waals surface area contributed by atoms with Crippen LogP contribution in [0.2, 0.25) is 5.15 Å². The molecule has 5 heteroatoms. The number of pyridine rings is 1. The van der Waals surface area contributed by atoms with Crippen molar-refractivity contribution in [1.82, 2.24) is 9.97 Å². The van der Waals surface area contributed by atoms with Gasteiger partial charge in [0, 0.05) is 23.5 Å². The lowest BCUT2D eigenvalue weighted by Crippen LogP contribution is -2.12. The molecule has 0 radical (unpaired) electrons. The van der Waals surface area contributed by atoms with Crippen molar-refractivity contribution in [3.8, 4) is 0 Å². The van der Waals surface area contributed by atoms with Crippen LogP contribution < -0.4 is 5.32 Å². The van der Waals surface area contributed by atoms with E-state index >= 15 is 0 Å². The normalized spacial score (nSPS) is 10.6. The summed E-state index contributed by atoms with van der Waals surface area (Å²) in [7, 11) is 0. The van der Waals surface area contributed by atoms with E-state index in [9.17, 15) is 4.79 Å². The highest BCUT2D eigenvalue weighted by molar-refractivity contribution is 6.29. The molecule has 2 aromatic heterocycles. The number of nitrogens with zero attached hydrogens (tertiary/aromatic N) is 1. The number of hydrogen-bond donors (Lipinski definition) is 2. The largest absolute Gasteiger partial charge is 0.361 e. The first-order chi connectivity index (χ1) is 9.24. The Morgan fingerprint density at radius 1 is 1.26 bits per heavy atom. The molecule has 94 valence electrons. The highest BCUT2D eigenvalue weighted by Gasteiger charge is 2.11. The molecule has 0 atom stereocenters. The molecular weight excluding hydrogens is 262 g/mol. The zero-order chi connectivity index (χ0) is 13.2. The third-order valence-corrected chi connectivity index (χ3v) is 3.02. The van der Waals surface area contributed by atoms with Gasteiger partial charge in [-0.15, -0.1) is 0 Å². The molecule has 0 spiro atoms. The molecule has 1 aromatic carbocycles. The third-order valence-electron chi connectivity index (χ3n) is 2.82. The Bertz CT molecular complexity index is 751. The molecule has 19 heavy (non-hydrogen) atoms. The average molecular weight is 272 g/mol. The number of nitrogens with one attached hydrogen (secondary N) is 2. The number of halogens is 1. The summed E-state index contributed by atoms with van der Waals surface area (Å²) in [6, 6.07) is 10.8. The summed E-state index contributed by atoms with van der Waals surface area (Å²) in [5, 5.41) is 4.14. The van der Waals surface area contributed by atoms with Crippen LogP contribution in [0.4, 0.5) is 5.69 Å². The first-order valence-electron chi connectivity index (χ1n) is 5.73. The number of amides is 1. The van der Waals surface area contributed by atoms with E-state index in [4.69, 9.17) is 11.6 Å². The maximum absolute atomic E-state index is 12.2. The van der Waals surface area contributed by atoms with E-state index in [0.29, 0.717) is 16.4 Å². The fourth-order valence-corrected chi connectivity index (χ4v) is 2.13. The van der Waals surface area contributed by atoms with E-state index in [-0.39, 0.29) is 5.91 Å². The van der Waals surface area contributed by atoms with Crippen molar-refractivity contribution < 1.29 is 4.79 Å². The number of fused-ring (bicyclic) bond motifs is 1. The molecule has 2 N–H and O–H groups in total. The summed E-state index contributed by atoms with van der Waals surface area (Å²) >= 11 is 5.78. The minimum atomic E-state index is -0.185. The predicted molar refractivity (Wildman–Crippen MR) is 75.5 cm³/mol. The second-order valence-electron chi connectivity index (χ2n) is 4.07. The van der Waals surface area contributed by atoms with Crippen molar-refractivity contribution in [2.45, 2.75) is 0 Å². The van der Waals surface area contributed by atoms with Crippen LogP contribution in [0.25, 0.3) is 10.9 Å². The van der Waals surface area contributed by atoms with E-state index in [1.54, 1.807) is 24.4 Å². The van der Waals surface area contributed by atoms with E-state index in [2.05, 4.69) is 15.3 Å². The number of aromatic nitrogens is 2. The predicted octanol–water partition coefficient (Wildman–Crippen LogP) is 3.47. The Balaban J connectivity index is 1.94. The number of rotatable bonds is 2. The summed E-state index contributed by atoms with van der Waals surface area (Å²) in [5.74, 6) is -0.185. The fraction of sp³-hybridized carbons (Fsp3) is 0. The molecule has 1 amide bonds. The van der Waals surface area contributed by atoms with Crippen LogP contribution in [0.15, 0.2) is 48.8 Å². The third kappa shape index (κ3) is 2.30. The van der Waals surface area contributed by atoms with Gasteiger partial charge in [-0.25, -0.2) is 4.98 Å².